The summed E-state index contributed by atoms with van der Waals surface area (Å²) < 4.78 is 11.3. The Kier molecular flexibility index (Phi) is 2.73. The van der Waals surface area contributed by atoms with Crippen LogP contribution in [0.3, 0.4) is 0 Å². The van der Waals surface area contributed by atoms with Crippen molar-refractivity contribution in [2.75, 3.05) is 19.8 Å². The Hall–Kier alpha value is -0.120. The van der Waals surface area contributed by atoms with E-state index in [1.807, 2.05) is 0 Å². The molecule has 92 valence electrons. The molecular weight excluding hydrogens is 204 g/mol. The first-order chi connectivity index (χ1) is 7.73. The van der Waals surface area contributed by atoms with E-state index in [0.29, 0.717) is 5.92 Å². The lowest BCUT2D eigenvalue weighted by Crippen LogP contribution is -2.53. The molecule has 3 nitrogen and oxygen atoms in total. The molecule has 3 rings (SSSR count). The summed E-state index contributed by atoms with van der Waals surface area (Å²) in [5.41, 5.74) is -0.318. The molecule has 2 saturated heterocycles. The van der Waals surface area contributed by atoms with Crippen LogP contribution >= 0.6 is 0 Å². The minimum atomic E-state index is -0.468. The van der Waals surface area contributed by atoms with Crippen molar-refractivity contribution in [3.8, 4) is 0 Å². The molecule has 0 amide bonds. The topological polar surface area (TPSA) is 38.7 Å². The Morgan fingerprint density at radius 3 is 2.38 bits per heavy atom. The van der Waals surface area contributed by atoms with Gasteiger partial charge in [-0.25, -0.2) is 0 Å². The van der Waals surface area contributed by atoms with Gasteiger partial charge in [-0.2, -0.15) is 0 Å². The van der Waals surface area contributed by atoms with E-state index >= 15 is 0 Å². The van der Waals surface area contributed by atoms with E-state index in [9.17, 15) is 5.11 Å². The van der Waals surface area contributed by atoms with Crippen LogP contribution in [0.1, 0.15) is 44.9 Å². The van der Waals surface area contributed by atoms with Gasteiger partial charge in [0.2, 0.25) is 0 Å². The molecule has 0 bridgehead atoms. The summed E-state index contributed by atoms with van der Waals surface area (Å²) in [5.74, 6) is 0.436. The summed E-state index contributed by atoms with van der Waals surface area (Å²) in [5, 5.41) is 10.7. The first kappa shape index (κ1) is 11.0. The van der Waals surface area contributed by atoms with Crippen LogP contribution in [0, 0.1) is 5.92 Å². The Morgan fingerprint density at radius 2 is 1.75 bits per heavy atom. The van der Waals surface area contributed by atoms with Gasteiger partial charge < -0.3 is 14.6 Å². The standard InChI is InChI=1S/C13H22O3/c14-13(5-8-15-9-6-13)11-2-7-16-12(10-11)3-1-4-12/h11,14H,1-10H2. The molecule has 2 heterocycles. The molecule has 0 aromatic rings. The van der Waals surface area contributed by atoms with Crippen LogP contribution < -0.4 is 0 Å². The minimum absolute atomic E-state index is 0.150. The molecule has 3 fully saturated rings. The maximum atomic E-state index is 10.7. The summed E-state index contributed by atoms with van der Waals surface area (Å²) in [6, 6.07) is 0. The molecule has 0 aromatic carbocycles. The van der Waals surface area contributed by atoms with Crippen LogP contribution in [0.2, 0.25) is 0 Å². The summed E-state index contributed by atoms with van der Waals surface area (Å²) in [6.45, 7) is 2.29. The maximum Gasteiger partial charge on any atom is 0.0721 e. The first-order valence-corrected chi connectivity index (χ1v) is 6.67. The molecule has 2 aliphatic heterocycles. The summed E-state index contributed by atoms with van der Waals surface area (Å²) in [7, 11) is 0. The number of rotatable bonds is 1. The van der Waals surface area contributed by atoms with Crippen molar-refractivity contribution >= 4 is 0 Å². The Morgan fingerprint density at radius 1 is 1.00 bits per heavy atom. The average molecular weight is 226 g/mol. The van der Waals surface area contributed by atoms with Gasteiger partial charge in [0.15, 0.2) is 0 Å². The van der Waals surface area contributed by atoms with Crippen LogP contribution in [0.4, 0.5) is 0 Å². The summed E-state index contributed by atoms with van der Waals surface area (Å²) in [6.07, 6.45) is 7.43. The molecule has 1 spiro atoms. The molecule has 3 heteroatoms. The second-order valence-electron chi connectivity index (χ2n) is 5.79. The zero-order valence-electron chi connectivity index (χ0n) is 9.91. The fourth-order valence-corrected chi connectivity index (χ4v) is 3.54. The minimum Gasteiger partial charge on any atom is -0.389 e. The normalized spacial score (nSPS) is 36.9. The monoisotopic (exact) mass is 226 g/mol. The lowest BCUT2D eigenvalue weighted by atomic mass is 9.66. The zero-order valence-corrected chi connectivity index (χ0v) is 9.91. The van der Waals surface area contributed by atoms with E-state index in [-0.39, 0.29) is 5.60 Å². The highest BCUT2D eigenvalue weighted by Crippen LogP contribution is 2.48. The second-order valence-corrected chi connectivity index (χ2v) is 5.79. The zero-order chi connectivity index (χ0) is 11.1. The predicted octanol–water partition coefficient (Wildman–Crippen LogP) is 1.88. The van der Waals surface area contributed by atoms with Crippen LogP contribution in [-0.4, -0.2) is 36.1 Å². The van der Waals surface area contributed by atoms with Crippen LogP contribution in [0.5, 0.6) is 0 Å². The van der Waals surface area contributed by atoms with E-state index in [1.54, 1.807) is 0 Å². The van der Waals surface area contributed by atoms with E-state index in [0.717, 1.165) is 45.5 Å². The first-order valence-electron chi connectivity index (χ1n) is 6.67. The third-order valence-electron chi connectivity index (χ3n) is 4.88. The van der Waals surface area contributed by atoms with Gasteiger partial charge in [-0.3, -0.25) is 0 Å². The summed E-state index contributed by atoms with van der Waals surface area (Å²) in [4.78, 5) is 0. The van der Waals surface area contributed by atoms with Gasteiger partial charge >= 0.3 is 0 Å². The third kappa shape index (κ3) is 1.79. The van der Waals surface area contributed by atoms with Crippen molar-refractivity contribution in [2.45, 2.75) is 56.1 Å². The molecule has 1 atom stereocenters. The van der Waals surface area contributed by atoms with Crippen LogP contribution in [0.25, 0.3) is 0 Å². The molecule has 1 saturated carbocycles. The van der Waals surface area contributed by atoms with Crippen molar-refractivity contribution in [2.24, 2.45) is 5.92 Å². The highest BCUT2D eigenvalue weighted by atomic mass is 16.5. The largest absolute Gasteiger partial charge is 0.389 e. The molecular formula is C13H22O3. The third-order valence-corrected chi connectivity index (χ3v) is 4.88. The molecule has 3 aliphatic rings. The number of hydrogen-bond donors (Lipinski definition) is 1. The Labute approximate surface area is 97.1 Å². The Balaban J connectivity index is 1.68. The van der Waals surface area contributed by atoms with Gasteiger partial charge in [-0.05, 0) is 50.9 Å². The van der Waals surface area contributed by atoms with Gasteiger partial charge in [0.1, 0.15) is 0 Å². The van der Waals surface area contributed by atoms with Crippen molar-refractivity contribution < 1.29 is 14.6 Å². The van der Waals surface area contributed by atoms with Crippen LogP contribution in [0.15, 0.2) is 0 Å². The van der Waals surface area contributed by atoms with Gasteiger partial charge in [0.25, 0.3) is 0 Å². The molecule has 0 aromatic heterocycles. The SMILES string of the molecule is OC1(C2CCOC3(CCC3)C2)CCOCC1. The molecule has 1 aliphatic carbocycles. The number of aliphatic hydroxyl groups is 1. The van der Waals surface area contributed by atoms with Crippen molar-refractivity contribution in [3.05, 3.63) is 0 Å². The van der Waals surface area contributed by atoms with Gasteiger partial charge in [0, 0.05) is 19.8 Å². The van der Waals surface area contributed by atoms with Gasteiger partial charge in [-0.1, -0.05) is 0 Å². The van der Waals surface area contributed by atoms with Crippen molar-refractivity contribution in [1.29, 1.82) is 0 Å². The van der Waals surface area contributed by atoms with Crippen molar-refractivity contribution in [1.82, 2.24) is 0 Å². The molecule has 1 unspecified atom stereocenters. The van der Waals surface area contributed by atoms with E-state index < -0.39 is 5.60 Å². The molecule has 1 N–H and O–H groups in total. The van der Waals surface area contributed by atoms with Crippen molar-refractivity contribution in [3.63, 3.8) is 0 Å². The number of hydrogen-bond acceptors (Lipinski definition) is 3. The number of ether oxygens (including phenoxy) is 2. The fourth-order valence-electron chi connectivity index (χ4n) is 3.54. The van der Waals surface area contributed by atoms with E-state index in [2.05, 4.69) is 0 Å². The maximum absolute atomic E-state index is 10.7. The fraction of sp³-hybridized carbons (Fsp3) is 1.00. The predicted molar refractivity (Wildman–Crippen MR) is 60.3 cm³/mol. The van der Waals surface area contributed by atoms with Crippen LogP contribution in [-0.2, 0) is 9.47 Å². The highest BCUT2D eigenvalue weighted by molar-refractivity contribution is 5.00. The van der Waals surface area contributed by atoms with Gasteiger partial charge in [-0.15, -0.1) is 0 Å². The van der Waals surface area contributed by atoms with Gasteiger partial charge in [0.05, 0.1) is 11.2 Å². The lowest BCUT2D eigenvalue weighted by Gasteiger charge is -2.51. The molecule has 0 radical (unpaired) electrons. The quantitative estimate of drug-likeness (QED) is 0.742. The molecule has 16 heavy (non-hydrogen) atoms. The highest BCUT2D eigenvalue weighted by Gasteiger charge is 2.48. The Bertz CT molecular complexity index is 254. The average Bonchev–Trinajstić information content (AvgIpc) is 2.28. The van der Waals surface area contributed by atoms with E-state index in [1.165, 1.54) is 19.3 Å². The lowest BCUT2D eigenvalue weighted by molar-refractivity contribution is -0.189. The van der Waals surface area contributed by atoms with E-state index in [4.69, 9.17) is 9.47 Å². The summed E-state index contributed by atoms with van der Waals surface area (Å²) >= 11 is 0. The smallest absolute Gasteiger partial charge is 0.0721 e. The second kappa shape index (κ2) is 3.97.